The van der Waals surface area contributed by atoms with Crippen molar-refractivity contribution in [3.05, 3.63) is 42.5 Å². The lowest BCUT2D eigenvalue weighted by molar-refractivity contribution is -0.178. The number of ether oxygens (including phenoxy) is 3. The summed E-state index contributed by atoms with van der Waals surface area (Å²) in [5.74, 6) is 0.486. The van der Waals surface area contributed by atoms with E-state index < -0.39 is 13.7 Å². The van der Waals surface area contributed by atoms with E-state index in [0.29, 0.717) is 13.2 Å². The summed E-state index contributed by atoms with van der Waals surface area (Å²) >= 11 is 0. The number of hydrogen-bond acceptors (Lipinski definition) is 4. The van der Waals surface area contributed by atoms with Crippen LogP contribution in [0.2, 0.25) is 0 Å². The molecular formula is C26H36NO3P. The third kappa shape index (κ3) is 3.99. The van der Waals surface area contributed by atoms with Gasteiger partial charge in [0.25, 0.3) is 0 Å². The highest BCUT2D eigenvalue weighted by molar-refractivity contribution is 7.69. The molecule has 2 heterocycles. The van der Waals surface area contributed by atoms with E-state index in [9.17, 15) is 0 Å². The van der Waals surface area contributed by atoms with E-state index in [2.05, 4.69) is 89.2 Å². The minimum Gasteiger partial charge on any atom is -0.496 e. The van der Waals surface area contributed by atoms with Crippen molar-refractivity contribution in [2.45, 2.75) is 56.6 Å². The molecular weight excluding hydrogens is 405 g/mol. The third-order valence-electron chi connectivity index (χ3n) is 6.55. The smallest absolute Gasteiger partial charge is 0.170 e. The molecule has 0 amide bonds. The molecule has 0 aromatic heterocycles. The van der Waals surface area contributed by atoms with Gasteiger partial charge in [0.2, 0.25) is 0 Å². The molecule has 4 nitrogen and oxygen atoms in total. The molecule has 2 aromatic rings. The molecule has 0 saturated carbocycles. The number of nitrogens with zero attached hydrogens (tertiary/aromatic N) is 1. The fourth-order valence-corrected chi connectivity index (χ4v) is 10.3. The number of rotatable bonds is 4. The molecule has 31 heavy (non-hydrogen) atoms. The lowest BCUT2D eigenvalue weighted by Gasteiger charge is -2.55. The zero-order chi connectivity index (χ0) is 22.4. The molecule has 0 N–H and O–H groups in total. The van der Waals surface area contributed by atoms with Crippen LogP contribution in [-0.2, 0) is 9.47 Å². The first-order chi connectivity index (χ1) is 14.6. The summed E-state index contributed by atoms with van der Waals surface area (Å²) in [6.45, 7) is 11.0. The normalized spacial score (nSPS) is 21.9. The Kier molecular flexibility index (Phi) is 5.87. The van der Waals surface area contributed by atoms with Crippen LogP contribution in [0.4, 0.5) is 5.69 Å². The molecule has 2 aliphatic rings. The molecule has 2 aromatic carbocycles. The predicted molar refractivity (Wildman–Crippen MR) is 131 cm³/mol. The monoisotopic (exact) mass is 441 g/mol. The van der Waals surface area contributed by atoms with Gasteiger partial charge in [0.1, 0.15) is 5.75 Å². The van der Waals surface area contributed by atoms with E-state index in [1.54, 1.807) is 7.11 Å². The van der Waals surface area contributed by atoms with E-state index in [-0.39, 0.29) is 10.3 Å². The topological polar surface area (TPSA) is 30.9 Å². The van der Waals surface area contributed by atoms with Crippen LogP contribution in [0.25, 0.3) is 11.1 Å². The van der Waals surface area contributed by atoms with Gasteiger partial charge in [0.15, 0.2) is 5.79 Å². The van der Waals surface area contributed by atoms with Crippen LogP contribution in [0, 0.1) is 0 Å². The van der Waals surface area contributed by atoms with Gasteiger partial charge in [-0.2, -0.15) is 0 Å². The van der Waals surface area contributed by atoms with Gasteiger partial charge in [-0.3, -0.25) is 0 Å². The SMILES string of the molecule is COc1cccc(N(C)C)c1-c1ccccc1P1C(C)(C)CC2(CC1(C)C)OCCO2. The van der Waals surface area contributed by atoms with Gasteiger partial charge in [0, 0.05) is 38.2 Å². The van der Waals surface area contributed by atoms with Crippen LogP contribution < -0.4 is 14.9 Å². The Morgan fingerprint density at radius 1 is 0.871 bits per heavy atom. The van der Waals surface area contributed by atoms with Crippen molar-refractivity contribution in [2.75, 3.05) is 39.3 Å². The summed E-state index contributed by atoms with van der Waals surface area (Å²) < 4.78 is 18.3. The second-order valence-corrected chi connectivity index (χ2v) is 13.8. The Morgan fingerprint density at radius 3 is 2.06 bits per heavy atom. The Bertz CT molecular complexity index is 927. The van der Waals surface area contributed by atoms with E-state index in [1.807, 2.05) is 0 Å². The molecule has 0 radical (unpaired) electrons. The van der Waals surface area contributed by atoms with Gasteiger partial charge in [0.05, 0.1) is 20.3 Å². The molecule has 4 rings (SSSR count). The maximum absolute atomic E-state index is 6.20. The lowest BCUT2D eigenvalue weighted by atomic mass is 9.91. The van der Waals surface area contributed by atoms with Crippen LogP contribution in [-0.4, -0.2) is 50.5 Å². The molecule has 0 aliphatic carbocycles. The molecule has 0 atom stereocenters. The summed E-state index contributed by atoms with van der Waals surface area (Å²) in [7, 11) is 5.43. The zero-order valence-electron chi connectivity index (χ0n) is 20.0. The van der Waals surface area contributed by atoms with Gasteiger partial charge in [-0.1, -0.05) is 65.9 Å². The number of benzene rings is 2. The molecule has 1 spiro atoms. The number of hydrogen-bond donors (Lipinski definition) is 0. The quantitative estimate of drug-likeness (QED) is 0.576. The molecule has 2 fully saturated rings. The standard InChI is InChI=1S/C26H36NO3P/c1-24(2)17-26(29-15-16-30-26)18-25(3,4)31(24)22-14-9-8-11-19(22)23-20(27(5)6)12-10-13-21(23)28-7/h8-14H,15-18H2,1-7H3. The average Bonchev–Trinajstić information content (AvgIpc) is 3.12. The lowest BCUT2D eigenvalue weighted by Crippen LogP contribution is -2.52. The molecule has 168 valence electrons. The summed E-state index contributed by atoms with van der Waals surface area (Å²) in [6.07, 6.45) is 1.85. The Hall–Kier alpha value is -1.61. The molecule has 2 aliphatic heterocycles. The van der Waals surface area contributed by atoms with Crippen molar-refractivity contribution in [3.8, 4) is 16.9 Å². The van der Waals surface area contributed by atoms with E-state index in [4.69, 9.17) is 14.2 Å². The fraction of sp³-hybridized carbons (Fsp3) is 0.538. The van der Waals surface area contributed by atoms with Gasteiger partial charge in [-0.25, -0.2) is 0 Å². The van der Waals surface area contributed by atoms with Crippen molar-refractivity contribution in [3.63, 3.8) is 0 Å². The van der Waals surface area contributed by atoms with Crippen molar-refractivity contribution in [1.82, 2.24) is 0 Å². The molecule has 2 saturated heterocycles. The first-order valence-electron chi connectivity index (χ1n) is 11.1. The summed E-state index contributed by atoms with van der Waals surface area (Å²) in [6, 6.07) is 15.2. The minimum absolute atomic E-state index is 0.0673. The van der Waals surface area contributed by atoms with Gasteiger partial charge >= 0.3 is 0 Å². The largest absolute Gasteiger partial charge is 0.496 e. The maximum Gasteiger partial charge on any atom is 0.170 e. The highest BCUT2D eigenvalue weighted by Gasteiger charge is 2.57. The Morgan fingerprint density at radius 2 is 1.48 bits per heavy atom. The first-order valence-corrected chi connectivity index (χ1v) is 12.5. The van der Waals surface area contributed by atoms with Crippen LogP contribution in [0.1, 0.15) is 40.5 Å². The predicted octanol–water partition coefficient (Wildman–Crippen LogP) is 5.63. The van der Waals surface area contributed by atoms with Gasteiger partial charge in [-0.15, -0.1) is 0 Å². The van der Waals surface area contributed by atoms with Crippen LogP contribution in [0.5, 0.6) is 5.75 Å². The van der Waals surface area contributed by atoms with Crippen molar-refractivity contribution in [2.24, 2.45) is 0 Å². The van der Waals surface area contributed by atoms with Crippen molar-refractivity contribution < 1.29 is 14.2 Å². The fourth-order valence-electron chi connectivity index (χ4n) is 5.92. The minimum atomic E-state index is -0.523. The van der Waals surface area contributed by atoms with Gasteiger partial charge in [-0.05, 0) is 33.3 Å². The summed E-state index contributed by atoms with van der Waals surface area (Å²) in [4.78, 5) is 2.17. The van der Waals surface area contributed by atoms with Crippen LogP contribution in [0.3, 0.4) is 0 Å². The first kappa shape index (κ1) is 22.6. The highest BCUT2D eigenvalue weighted by Crippen LogP contribution is 2.69. The van der Waals surface area contributed by atoms with E-state index in [0.717, 1.165) is 18.6 Å². The van der Waals surface area contributed by atoms with Crippen LogP contribution in [0.15, 0.2) is 42.5 Å². The second kappa shape index (κ2) is 8.06. The highest BCUT2D eigenvalue weighted by atomic mass is 31.1. The second-order valence-electron chi connectivity index (χ2n) is 10.2. The summed E-state index contributed by atoms with van der Waals surface area (Å²) in [5, 5.41) is 1.57. The summed E-state index contributed by atoms with van der Waals surface area (Å²) in [5.41, 5.74) is 3.63. The van der Waals surface area contributed by atoms with E-state index in [1.165, 1.54) is 22.1 Å². The molecule has 0 bridgehead atoms. The van der Waals surface area contributed by atoms with Crippen molar-refractivity contribution in [1.29, 1.82) is 0 Å². The maximum atomic E-state index is 6.20. The Labute approximate surface area is 188 Å². The third-order valence-corrected chi connectivity index (χ3v) is 10.2. The number of anilines is 1. The van der Waals surface area contributed by atoms with Crippen molar-refractivity contribution >= 4 is 18.9 Å². The average molecular weight is 442 g/mol. The zero-order valence-corrected chi connectivity index (χ0v) is 20.9. The number of methoxy groups -OCH3 is 1. The van der Waals surface area contributed by atoms with Gasteiger partial charge < -0.3 is 19.1 Å². The Balaban J connectivity index is 1.89. The van der Waals surface area contributed by atoms with Crippen LogP contribution >= 0.6 is 7.92 Å². The molecule has 5 heteroatoms. The molecule has 0 unspecified atom stereocenters. The van der Waals surface area contributed by atoms with E-state index >= 15 is 0 Å².